The standard InChI is InChI=1S/C24H29N3O5S/c1-15-19(17(11-12-25-15)16-9-10-16)13-33-24-26-20-6-4-5-18(20)23(27-24)32-14-31-22(30)8-3-2-7-21(28)29/h11-12,16H,2-10,13-14H2,1H3,(H,28,29). The molecule has 4 rings (SSSR count). The summed E-state index contributed by atoms with van der Waals surface area (Å²) in [5.41, 5.74) is 5.72. The zero-order valence-electron chi connectivity index (χ0n) is 18.8. The number of ether oxygens (including phenoxy) is 2. The van der Waals surface area contributed by atoms with Gasteiger partial charge in [0.15, 0.2) is 5.16 Å². The fraction of sp³-hybridized carbons (Fsp3) is 0.542. The predicted molar refractivity (Wildman–Crippen MR) is 122 cm³/mol. The minimum Gasteiger partial charge on any atom is -0.481 e. The monoisotopic (exact) mass is 471 g/mol. The summed E-state index contributed by atoms with van der Waals surface area (Å²) in [5, 5.41) is 9.31. The maximum Gasteiger partial charge on any atom is 0.308 e. The Labute approximate surface area is 197 Å². The van der Waals surface area contributed by atoms with E-state index in [1.165, 1.54) is 24.0 Å². The predicted octanol–water partition coefficient (Wildman–Crippen LogP) is 4.36. The van der Waals surface area contributed by atoms with Gasteiger partial charge in [-0.2, -0.15) is 4.98 Å². The van der Waals surface area contributed by atoms with Crippen molar-refractivity contribution in [3.8, 4) is 5.88 Å². The first-order valence-corrected chi connectivity index (χ1v) is 12.5. The van der Waals surface area contributed by atoms with Gasteiger partial charge in [-0.05, 0) is 75.0 Å². The Hall–Kier alpha value is -2.68. The van der Waals surface area contributed by atoms with E-state index in [4.69, 9.17) is 19.6 Å². The number of aromatic nitrogens is 3. The van der Waals surface area contributed by atoms with Crippen molar-refractivity contribution < 1.29 is 24.2 Å². The van der Waals surface area contributed by atoms with Crippen LogP contribution in [0.5, 0.6) is 5.88 Å². The third-order valence-corrected chi connectivity index (χ3v) is 6.86. The van der Waals surface area contributed by atoms with Crippen LogP contribution in [0.25, 0.3) is 0 Å². The third-order valence-electron chi connectivity index (χ3n) is 5.98. The molecule has 0 bridgehead atoms. The molecule has 1 saturated carbocycles. The van der Waals surface area contributed by atoms with Crippen molar-refractivity contribution in [2.45, 2.75) is 81.5 Å². The summed E-state index contributed by atoms with van der Waals surface area (Å²) in [6.07, 6.45) is 8.28. The number of hydrogen-bond donors (Lipinski definition) is 1. The number of hydrogen-bond acceptors (Lipinski definition) is 8. The molecule has 0 aliphatic heterocycles. The lowest BCUT2D eigenvalue weighted by atomic mass is 10.0. The summed E-state index contributed by atoms with van der Waals surface area (Å²) in [6, 6.07) is 2.13. The first-order chi connectivity index (χ1) is 16.0. The summed E-state index contributed by atoms with van der Waals surface area (Å²) in [7, 11) is 0. The Morgan fingerprint density at radius 2 is 2.00 bits per heavy atom. The topological polar surface area (TPSA) is 112 Å². The van der Waals surface area contributed by atoms with Crippen LogP contribution < -0.4 is 4.74 Å². The smallest absolute Gasteiger partial charge is 0.308 e. The van der Waals surface area contributed by atoms with E-state index in [0.29, 0.717) is 29.8 Å². The number of esters is 1. The van der Waals surface area contributed by atoms with Gasteiger partial charge in [0.1, 0.15) is 0 Å². The molecule has 0 spiro atoms. The second kappa shape index (κ2) is 11.0. The van der Waals surface area contributed by atoms with Crippen LogP contribution in [-0.2, 0) is 32.9 Å². The lowest BCUT2D eigenvalue weighted by molar-refractivity contribution is -0.150. The van der Waals surface area contributed by atoms with E-state index >= 15 is 0 Å². The zero-order valence-corrected chi connectivity index (χ0v) is 19.7. The third kappa shape index (κ3) is 6.43. The number of carboxylic acids is 1. The van der Waals surface area contributed by atoms with E-state index < -0.39 is 11.9 Å². The minimum absolute atomic E-state index is 0.0536. The number of unbranched alkanes of at least 4 members (excludes halogenated alkanes) is 1. The Bertz CT molecular complexity index is 1030. The van der Waals surface area contributed by atoms with Gasteiger partial charge >= 0.3 is 11.9 Å². The molecule has 0 unspecified atom stereocenters. The molecular formula is C24H29N3O5S. The molecule has 2 aromatic rings. The molecule has 0 saturated heterocycles. The summed E-state index contributed by atoms with van der Waals surface area (Å²) >= 11 is 1.58. The van der Waals surface area contributed by atoms with E-state index in [2.05, 4.69) is 23.0 Å². The molecule has 2 aromatic heterocycles. The maximum atomic E-state index is 11.9. The first kappa shape index (κ1) is 23.5. The summed E-state index contributed by atoms with van der Waals surface area (Å²) in [5.74, 6) is 0.639. The number of carboxylic acid groups (broad SMARTS) is 1. The summed E-state index contributed by atoms with van der Waals surface area (Å²) in [4.78, 5) is 36.3. The molecule has 2 heterocycles. The van der Waals surface area contributed by atoms with Gasteiger partial charge in [0.25, 0.3) is 0 Å². The molecule has 0 radical (unpaired) electrons. The Morgan fingerprint density at radius 1 is 1.18 bits per heavy atom. The van der Waals surface area contributed by atoms with E-state index in [9.17, 15) is 9.59 Å². The van der Waals surface area contributed by atoms with Crippen molar-refractivity contribution in [1.82, 2.24) is 15.0 Å². The first-order valence-electron chi connectivity index (χ1n) is 11.5. The van der Waals surface area contributed by atoms with Gasteiger partial charge in [-0.1, -0.05) is 11.8 Å². The number of carbonyl (C=O) groups excluding carboxylic acids is 1. The largest absolute Gasteiger partial charge is 0.481 e. The molecule has 1 fully saturated rings. The molecule has 0 aromatic carbocycles. The molecule has 2 aliphatic rings. The number of thioether (sulfide) groups is 1. The molecule has 1 N–H and O–H groups in total. The molecule has 2 aliphatic carbocycles. The normalized spacial score (nSPS) is 14.7. The van der Waals surface area contributed by atoms with Gasteiger partial charge in [0.2, 0.25) is 12.7 Å². The van der Waals surface area contributed by atoms with Crippen LogP contribution in [0.1, 0.15) is 78.9 Å². The molecule has 0 amide bonds. The average Bonchev–Trinajstić information content (AvgIpc) is 3.52. The highest BCUT2D eigenvalue weighted by atomic mass is 32.2. The molecule has 8 nitrogen and oxygen atoms in total. The van der Waals surface area contributed by atoms with Crippen LogP contribution in [0.4, 0.5) is 0 Å². The number of carbonyl (C=O) groups is 2. The maximum absolute atomic E-state index is 11.9. The number of aliphatic carboxylic acids is 1. The number of pyridine rings is 1. The van der Waals surface area contributed by atoms with Crippen molar-refractivity contribution in [3.63, 3.8) is 0 Å². The van der Waals surface area contributed by atoms with Gasteiger partial charge in [-0.3, -0.25) is 14.6 Å². The minimum atomic E-state index is -0.861. The fourth-order valence-corrected chi connectivity index (χ4v) is 5.02. The number of rotatable bonds is 12. The fourth-order valence-electron chi connectivity index (χ4n) is 4.05. The highest BCUT2D eigenvalue weighted by molar-refractivity contribution is 7.98. The van der Waals surface area contributed by atoms with Crippen LogP contribution in [-0.4, -0.2) is 38.8 Å². The summed E-state index contributed by atoms with van der Waals surface area (Å²) < 4.78 is 10.9. The van der Waals surface area contributed by atoms with Crippen molar-refractivity contribution in [2.75, 3.05) is 6.79 Å². The van der Waals surface area contributed by atoms with Gasteiger partial charge < -0.3 is 14.6 Å². The molecule has 176 valence electrons. The molecular weight excluding hydrogens is 442 g/mol. The lowest BCUT2D eigenvalue weighted by Gasteiger charge is -2.13. The second-order valence-electron chi connectivity index (χ2n) is 8.50. The molecule has 33 heavy (non-hydrogen) atoms. The van der Waals surface area contributed by atoms with Crippen molar-refractivity contribution >= 4 is 23.7 Å². The quantitative estimate of drug-likeness (QED) is 0.159. The Balaban J connectivity index is 1.35. The Morgan fingerprint density at radius 3 is 2.79 bits per heavy atom. The SMILES string of the molecule is Cc1nccc(C2CC2)c1CSc1nc2c(c(OCOC(=O)CCCCC(=O)O)n1)CCC2. The van der Waals surface area contributed by atoms with E-state index in [-0.39, 0.29) is 19.6 Å². The van der Waals surface area contributed by atoms with Crippen LogP contribution in [0, 0.1) is 6.92 Å². The van der Waals surface area contributed by atoms with Gasteiger partial charge in [0, 0.05) is 36.0 Å². The van der Waals surface area contributed by atoms with Crippen LogP contribution in [0.2, 0.25) is 0 Å². The number of nitrogens with zero attached hydrogens (tertiary/aromatic N) is 3. The zero-order chi connectivity index (χ0) is 23.2. The molecule has 0 atom stereocenters. The van der Waals surface area contributed by atoms with Crippen molar-refractivity contribution in [2.24, 2.45) is 0 Å². The van der Waals surface area contributed by atoms with Crippen LogP contribution in [0.3, 0.4) is 0 Å². The van der Waals surface area contributed by atoms with E-state index in [0.717, 1.165) is 42.0 Å². The van der Waals surface area contributed by atoms with E-state index in [1.807, 2.05) is 6.20 Å². The average molecular weight is 472 g/mol. The van der Waals surface area contributed by atoms with Crippen molar-refractivity contribution in [3.05, 3.63) is 40.3 Å². The second-order valence-corrected chi connectivity index (χ2v) is 9.44. The van der Waals surface area contributed by atoms with Crippen molar-refractivity contribution in [1.29, 1.82) is 0 Å². The Kier molecular flexibility index (Phi) is 7.80. The molecule has 9 heteroatoms. The van der Waals surface area contributed by atoms with Gasteiger partial charge in [-0.25, -0.2) is 4.98 Å². The number of aryl methyl sites for hydroxylation is 2. The van der Waals surface area contributed by atoms with Crippen LogP contribution in [0.15, 0.2) is 17.4 Å². The highest BCUT2D eigenvalue weighted by Crippen LogP contribution is 2.43. The van der Waals surface area contributed by atoms with Crippen LogP contribution >= 0.6 is 11.8 Å². The van der Waals surface area contributed by atoms with Gasteiger partial charge in [0.05, 0.1) is 5.69 Å². The van der Waals surface area contributed by atoms with Gasteiger partial charge in [-0.15, -0.1) is 0 Å². The highest BCUT2D eigenvalue weighted by Gasteiger charge is 2.27. The number of fused-ring (bicyclic) bond motifs is 1. The summed E-state index contributed by atoms with van der Waals surface area (Å²) in [6.45, 7) is 1.84. The lowest BCUT2D eigenvalue weighted by Crippen LogP contribution is -2.12. The van der Waals surface area contributed by atoms with E-state index in [1.54, 1.807) is 11.8 Å².